The van der Waals surface area contributed by atoms with Crippen molar-refractivity contribution in [1.29, 1.82) is 0 Å². The van der Waals surface area contributed by atoms with Gasteiger partial charge in [0.05, 0.1) is 11.9 Å². The van der Waals surface area contributed by atoms with Gasteiger partial charge in [-0.25, -0.2) is 14.1 Å². The number of nitrogens with zero attached hydrogens (tertiary/aromatic N) is 3. The minimum atomic E-state index is -0.277. The van der Waals surface area contributed by atoms with Crippen LogP contribution >= 0.6 is 0 Å². The lowest BCUT2D eigenvalue weighted by Gasteiger charge is -2.07. The van der Waals surface area contributed by atoms with E-state index >= 15 is 0 Å². The Morgan fingerprint density at radius 3 is 2.77 bits per heavy atom. The van der Waals surface area contributed by atoms with Crippen molar-refractivity contribution < 1.29 is 9.18 Å². The van der Waals surface area contributed by atoms with E-state index in [-0.39, 0.29) is 11.6 Å². The van der Waals surface area contributed by atoms with Crippen LogP contribution in [0.1, 0.15) is 24.1 Å². The second-order valence-corrected chi connectivity index (χ2v) is 5.61. The number of pyridine rings is 1. The van der Waals surface area contributed by atoms with Gasteiger partial charge in [0.25, 0.3) is 0 Å². The molecule has 0 saturated carbocycles. The highest BCUT2D eigenvalue weighted by Gasteiger charge is 2.17. The summed E-state index contributed by atoms with van der Waals surface area (Å²) >= 11 is 0. The summed E-state index contributed by atoms with van der Waals surface area (Å²) in [6.45, 7) is 0. The predicted molar refractivity (Wildman–Crippen MR) is 80.5 cm³/mol. The van der Waals surface area contributed by atoms with Gasteiger partial charge in [0, 0.05) is 23.9 Å². The highest BCUT2D eigenvalue weighted by atomic mass is 19.1. The second-order valence-electron chi connectivity index (χ2n) is 5.61. The quantitative estimate of drug-likeness (QED) is 0.648. The fourth-order valence-corrected chi connectivity index (χ4v) is 2.93. The molecule has 0 radical (unpaired) electrons. The van der Waals surface area contributed by atoms with Crippen molar-refractivity contribution >= 4 is 16.8 Å². The van der Waals surface area contributed by atoms with E-state index in [0.717, 1.165) is 40.8 Å². The third-order valence-electron chi connectivity index (χ3n) is 4.04. The van der Waals surface area contributed by atoms with E-state index in [4.69, 9.17) is 4.98 Å². The highest BCUT2D eigenvalue weighted by Crippen LogP contribution is 2.24. The fourth-order valence-electron chi connectivity index (χ4n) is 2.93. The monoisotopic (exact) mass is 295 g/mol. The number of hydrogen-bond donors (Lipinski definition) is 0. The first-order valence-electron chi connectivity index (χ1n) is 7.35. The zero-order chi connectivity index (χ0) is 15.1. The van der Waals surface area contributed by atoms with E-state index in [0.29, 0.717) is 12.8 Å². The second kappa shape index (κ2) is 5.02. The summed E-state index contributed by atoms with van der Waals surface area (Å²) in [4.78, 5) is 16.5. The molecule has 1 aromatic carbocycles. The van der Waals surface area contributed by atoms with Gasteiger partial charge in [-0.2, -0.15) is 5.10 Å². The van der Waals surface area contributed by atoms with Crippen LogP contribution in [0.3, 0.4) is 0 Å². The van der Waals surface area contributed by atoms with Crippen LogP contribution < -0.4 is 0 Å². The topological polar surface area (TPSA) is 47.8 Å². The standard InChI is InChI=1S/C17H14FN3O/c18-13-4-6-14(7-5-13)21-17-12(10-19-21)8-11-9-15(22)2-1-3-16(11)20-17/h4-8,10H,1-3,9H2. The Hall–Kier alpha value is -2.56. The smallest absolute Gasteiger partial charge is 0.163 e. The molecule has 22 heavy (non-hydrogen) atoms. The van der Waals surface area contributed by atoms with Crippen LogP contribution in [0.15, 0.2) is 36.5 Å². The van der Waals surface area contributed by atoms with Crippen molar-refractivity contribution in [2.75, 3.05) is 0 Å². The molecule has 0 saturated heterocycles. The molecular weight excluding hydrogens is 281 g/mol. The third kappa shape index (κ3) is 2.19. The van der Waals surface area contributed by atoms with E-state index in [9.17, 15) is 9.18 Å². The maximum atomic E-state index is 13.1. The molecule has 2 aromatic heterocycles. The molecule has 0 fully saturated rings. The normalized spacial score (nSPS) is 14.9. The molecule has 1 aliphatic rings. The summed E-state index contributed by atoms with van der Waals surface area (Å²) in [5.41, 5.74) is 3.50. The molecule has 0 bridgehead atoms. The van der Waals surface area contributed by atoms with Gasteiger partial charge in [-0.1, -0.05) is 0 Å². The average Bonchev–Trinajstić information content (AvgIpc) is 2.81. The zero-order valence-electron chi connectivity index (χ0n) is 11.9. The molecule has 110 valence electrons. The highest BCUT2D eigenvalue weighted by molar-refractivity contribution is 5.84. The maximum Gasteiger partial charge on any atom is 0.163 e. The predicted octanol–water partition coefficient (Wildman–Crippen LogP) is 3.01. The number of aromatic nitrogens is 3. The van der Waals surface area contributed by atoms with Gasteiger partial charge < -0.3 is 0 Å². The number of rotatable bonds is 1. The third-order valence-corrected chi connectivity index (χ3v) is 4.04. The van der Waals surface area contributed by atoms with Crippen LogP contribution in [0.5, 0.6) is 0 Å². The number of halogens is 1. The lowest BCUT2D eigenvalue weighted by molar-refractivity contribution is -0.118. The van der Waals surface area contributed by atoms with Gasteiger partial charge in [-0.15, -0.1) is 0 Å². The number of ketones is 1. The Labute approximate surface area is 126 Å². The molecule has 4 rings (SSSR count). The van der Waals surface area contributed by atoms with Crippen molar-refractivity contribution in [3.63, 3.8) is 0 Å². The number of carbonyl (C=O) groups excluding carboxylic acids is 1. The Bertz CT molecular complexity index is 867. The van der Waals surface area contributed by atoms with Crippen molar-refractivity contribution in [2.24, 2.45) is 0 Å². The van der Waals surface area contributed by atoms with Gasteiger partial charge >= 0.3 is 0 Å². The molecule has 0 atom stereocenters. The first-order chi connectivity index (χ1) is 10.7. The maximum absolute atomic E-state index is 13.1. The molecule has 5 heteroatoms. The molecule has 0 spiro atoms. The van der Waals surface area contributed by atoms with Gasteiger partial charge in [-0.05, 0) is 48.7 Å². The Balaban J connectivity index is 1.87. The largest absolute Gasteiger partial charge is 0.299 e. The van der Waals surface area contributed by atoms with Crippen LogP contribution in [-0.4, -0.2) is 20.5 Å². The molecule has 4 nitrogen and oxygen atoms in total. The minimum absolute atomic E-state index is 0.269. The summed E-state index contributed by atoms with van der Waals surface area (Å²) < 4.78 is 14.8. The summed E-state index contributed by atoms with van der Waals surface area (Å²) in [6, 6.07) is 8.18. The van der Waals surface area contributed by atoms with Gasteiger partial charge in [0.1, 0.15) is 11.6 Å². The fraction of sp³-hybridized carbons (Fsp3) is 0.235. The molecule has 1 aliphatic carbocycles. The van der Waals surface area contributed by atoms with Gasteiger partial charge in [0.15, 0.2) is 5.65 Å². The molecular formula is C17H14FN3O. The Morgan fingerprint density at radius 1 is 1.14 bits per heavy atom. The van der Waals surface area contributed by atoms with Crippen LogP contribution in [0.4, 0.5) is 4.39 Å². The molecule has 0 N–H and O–H groups in total. The first kappa shape index (κ1) is 13.1. The molecule has 0 unspecified atom stereocenters. The van der Waals surface area contributed by atoms with Gasteiger partial charge in [-0.3, -0.25) is 4.79 Å². The van der Waals surface area contributed by atoms with E-state index in [1.54, 1.807) is 23.0 Å². The SMILES string of the molecule is O=C1CCCc2nc3c(cnn3-c3ccc(F)cc3)cc2C1. The number of benzene rings is 1. The van der Waals surface area contributed by atoms with Crippen LogP contribution in [0, 0.1) is 5.82 Å². The molecule has 2 heterocycles. The number of hydrogen-bond acceptors (Lipinski definition) is 3. The number of aryl methyl sites for hydroxylation is 1. The average molecular weight is 295 g/mol. The first-order valence-corrected chi connectivity index (χ1v) is 7.35. The van der Waals surface area contributed by atoms with E-state index in [1.807, 2.05) is 6.07 Å². The molecule has 0 amide bonds. The van der Waals surface area contributed by atoms with Crippen molar-refractivity contribution in [1.82, 2.24) is 14.8 Å². The summed E-state index contributed by atoms with van der Waals surface area (Å²) in [6.07, 6.45) is 4.47. The lowest BCUT2D eigenvalue weighted by atomic mass is 10.1. The summed E-state index contributed by atoms with van der Waals surface area (Å²) in [7, 11) is 0. The van der Waals surface area contributed by atoms with Crippen LogP contribution in [0.25, 0.3) is 16.7 Å². The van der Waals surface area contributed by atoms with E-state index in [2.05, 4.69) is 5.10 Å². The summed E-state index contributed by atoms with van der Waals surface area (Å²) in [5, 5.41) is 5.26. The number of carbonyl (C=O) groups is 1. The Morgan fingerprint density at radius 2 is 1.95 bits per heavy atom. The van der Waals surface area contributed by atoms with Crippen molar-refractivity contribution in [3.8, 4) is 5.69 Å². The molecule has 3 aromatic rings. The van der Waals surface area contributed by atoms with Crippen LogP contribution in [-0.2, 0) is 17.6 Å². The summed E-state index contributed by atoms with van der Waals surface area (Å²) in [5.74, 6) is -0.00798. The van der Waals surface area contributed by atoms with Crippen molar-refractivity contribution in [3.05, 3.63) is 53.6 Å². The van der Waals surface area contributed by atoms with Crippen LogP contribution in [0.2, 0.25) is 0 Å². The number of fused-ring (bicyclic) bond motifs is 2. The Kier molecular flexibility index (Phi) is 2.99. The number of Topliss-reactive ketones (excluding diaryl/α,β-unsaturated/α-hetero) is 1. The van der Waals surface area contributed by atoms with E-state index < -0.39 is 0 Å². The lowest BCUT2D eigenvalue weighted by Crippen LogP contribution is -2.03. The van der Waals surface area contributed by atoms with Crippen molar-refractivity contribution in [2.45, 2.75) is 25.7 Å². The minimum Gasteiger partial charge on any atom is -0.299 e. The zero-order valence-corrected chi connectivity index (χ0v) is 11.9. The van der Waals surface area contributed by atoms with Gasteiger partial charge in [0.2, 0.25) is 0 Å². The van der Waals surface area contributed by atoms with E-state index in [1.165, 1.54) is 12.1 Å². The molecule has 0 aliphatic heterocycles.